The molecule has 3 rings (SSSR count). The van der Waals surface area contributed by atoms with Crippen molar-refractivity contribution in [3.8, 4) is 11.5 Å². The van der Waals surface area contributed by atoms with Crippen LogP contribution in [0.1, 0.15) is 21.8 Å². The summed E-state index contributed by atoms with van der Waals surface area (Å²) >= 11 is 5.96. The number of amides is 1. The van der Waals surface area contributed by atoms with E-state index in [9.17, 15) is 4.79 Å². The molecule has 114 valence electrons. The van der Waals surface area contributed by atoms with Crippen LogP contribution in [0.15, 0.2) is 42.5 Å². The average molecular weight is 318 g/mol. The summed E-state index contributed by atoms with van der Waals surface area (Å²) in [5, 5.41) is 3.43. The molecule has 1 atom stereocenters. The van der Waals surface area contributed by atoms with E-state index in [2.05, 4.69) is 5.32 Å². The smallest absolute Gasteiger partial charge is 0.255 e. The van der Waals surface area contributed by atoms with Crippen molar-refractivity contribution in [2.24, 2.45) is 0 Å². The maximum Gasteiger partial charge on any atom is 0.255 e. The maximum atomic E-state index is 12.4. The van der Waals surface area contributed by atoms with Crippen molar-refractivity contribution >= 4 is 17.5 Å². The second kappa shape index (κ2) is 6.28. The van der Waals surface area contributed by atoms with Crippen LogP contribution in [-0.4, -0.2) is 26.2 Å². The van der Waals surface area contributed by atoms with Gasteiger partial charge < -0.3 is 14.8 Å². The molecule has 2 aromatic carbocycles. The predicted octanol–water partition coefficient (Wildman–Crippen LogP) is 3.25. The monoisotopic (exact) mass is 317 g/mol. The lowest BCUT2D eigenvalue weighted by Gasteiger charge is -2.12. The highest BCUT2D eigenvalue weighted by molar-refractivity contribution is 6.31. The van der Waals surface area contributed by atoms with Crippen LogP contribution >= 0.6 is 11.6 Å². The molecule has 1 amide bonds. The van der Waals surface area contributed by atoms with Crippen LogP contribution in [0.2, 0.25) is 5.02 Å². The Morgan fingerprint density at radius 1 is 1.36 bits per heavy atom. The van der Waals surface area contributed by atoms with E-state index >= 15 is 0 Å². The molecule has 0 bridgehead atoms. The molecule has 1 aliphatic heterocycles. The molecule has 5 heteroatoms. The molecule has 1 N–H and O–H groups in total. The van der Waals surface area contributed by atoms with Gasteiger partial charge in [0.05, 0.1) is 19.3 Å². The Balaban J connectivity index is 1.70. The van der Waals surface area contributed by atoms with Gasteiger partial charge in [-0.3, -0.25) is 4.79 Å². The minimum atomic E-state index is -0.205. The number of benzene rings is 2. The van der Waals surface area contributed by atoms with Gasteiger partial charge in [-0.15, -0.1) is 0 Å². The van der Waals surface area contributed by atoms with Gasteiger partial charge in [-0.2, -0.15) is 0 Å². The van der Waals surface area contributed by atoms with Crippen molar-refractivity contribution in [3.05, 3.63) is 58.6 Å². The van der Waals surface area contributed by atoms with Crippen molar-refractivity contribution < 1.29 is 14.3 Å². The van der Waals surface area contributed by atoms with Crippen LogP contribution in [0, 0.1) is 0 Å². The molecule has 4 nitrogen and oxygen atoms in total. The van der Waals surface area contributed by atoms with Gasteiger partial charge in [-0.1, -0.05) is 29.8 Å². The zero-order valence-electron chi connectivity index (χ0n) is 12.1. The highest BCUT2D eigenvalue weighted by atomic mass is 35.5. The summed E-state index contributed by atoms with van der Waals surface area (Å²) in [5.74, 6) is 1.35. The number of halogens is 1. The van der Waals surface area contributed by atoms with Gasteiger partial charge in [0.2, 0.25) is 0 Å². The maximum absolute atomic E-state index is 12.4. The van der Waals surface area contributed by atoms with E-state index in [1.807, 2.05) is 24.3 Å². The van der Waals surface area contributed by atoms with Gasteiger partial charge >= 0.3 is 0 Å². The van der Waals surface area contributed by atoms with Crippen LogP contribution in [0.25, 0.3) is 0 Å². The van der Waals surface area contributed by atoms with E-state index in [1.54, 1.807) is 18.2 Å². The van der Waals surface area contributed by atoms with Crippen LogP contribution < -0.4 is 14.8 Å². The lowest BCUT2D eigenvalue weighted by Crippen LogP contribution is -2.29. The molecule has 0 radical (unpaired) electrons. The van der Waals surface area contributed by atoms with Gasteiger partial charge in [0.1, 0.15) is 11.5 Å². The van der Waals surface area contributed by atoms with Crippen molar-refractivity contribution in [3.63, 3.8) is 0 Å². The van der Waals surface area contributed by atoms with Crippen LogP contribution in [-0.2, 0) is 0 Å². The van der Waals surface area contributed by atoms with Crippen molar-refractivity contribution in [2.75, 3.05) is 20.3 Å². The number of methoxy groups -OCH3 is 1. The summed E-state index contributed by atoms with van der Waals surface area (Å²) in [6.07, 6.45) is 0. The quantitative estimate of drug-likeness (QED) is 0.941. The molecule has 0 spiro atoms. The molecule has 1 heterocycles. The fourth-order valence-corrected chi connectivity index (χ4v) is 2.74. The van der Waals surface area contributed by atoms with Gasteiger partial charge in [-0.05, 0) is 24.3 Å². The molecule has 0 aliphatic carbocycles. The number of carbonyl (C=O) groups excluding carboxylic acids is 1. The highest BCUT2D eigenvalue weighted by Crippen LogP contribution is 2.33. The number of hydrogen-bond donors (Lipinski definition) is 1. The average Bonchev–Trinajstić information content (AvgIpc) is 2.96. The normalized spacial score (nSPS) is 15.8. The van der Waals surface area contributed by atoms with E-state index in [0.717, 1.165) is 11.3 Å². The Morgan fingerprint density at radius 3 is 3.00 bits per heavy atom. The van der Waals surface area contributed by atoms with Crippen molar-refractivity contribution in [2.45, 2.75) is 5.92 Å². The first-order valence-electron chi connectivity index (χ1n) is 7.02. The van der Waals surface area contributed by atoms with Crippen molar-refractivity contribution in [1.82, 2.24) is 5.32 Å². The second-order valence-corrected chi connectivity index (χ2v) is 5.54. The third-order valence-corrected chi connectivity index (χ3v) is 3.95. The SMILES string of the molecule is COc1ccc(Cl)cc1C(=O)NC[C@H]1COc2ccccc21. The molecule has 0 unspecified atom stereocenters. The molecule has 0 aromatic heterocycles. The minimum absolute atomic E-state index is 0.158. The fourth-order valence-electron chi connectivity index (χ4n) is 2.57. The first-order valence-corrected chi connectivity index (χ1v) is 7.40. The Bertz CT molecular complexity index is 702. The molecule has 1 aliphatic rings. The van der Waals surface area contributed by atoms with Gasteiger partial charge in [0.25, 0.3) is 5.91 Å². The summed E-state index contributed by atoms with van der Waals surface area (Å²) in [7, 11) is 1.53. The fraction of sp³-hybridized carbons (Fsp3) is 0.235. The predicted molar refractivity (Wildman–Crippen MR) is 85.0 cm³/mol. The molecular weight excluding hydrogens is 302 g/mol. The first kappa shape index (κ1) is 14.7. The molecule has 22 heavy (non-hydrogen) atoms. The summed E-state index contributed by atoms with van der Waals surface area (Å²) in [6, 6.07) is 12.9. The molecule has 0 saturated heterocycles. The van der Waals surface area contributed by atoms with Gasteiger partial charge in [0, 0.05) is 23.0 Å². The number of fused-ring (bicyclic) bond motifs is 1. The van der Waals surface area contributed by atoms with E-state index in [1.165, 1.54) is 7.11 Å². The number of hydrogen-bond acceptors (Lipinski definition) is 3. The van der Waals surface area contributed by atoms with Crippen LogP contribution in [0.3, 0.4) is 0 Å². The molecule has 2 aromatic rings. The number of rotatable bonds is 4. The summed E-state index contributed by atoms with van der Waals surface area (Å²) in [4.78, 5) is 12.4. The Morgan fingerprint density at radius 2 is 2.18 bits per heavy atom. The van der Waals surface area contributed by atoms with Crippen LogP contribution in [0.4, 0.5) is 0 Å². The largest absolute Gasteiger partial charge is 0.496 e. The minimum Gasteiger partial charge on any atom is -0.496 e. The van der Waals surface area contributed by atoms with Crippen molar-refractivity contribution in [1.29, 1.82) is 0 Å². The Labute approximate surface area is 134 Å². The van der Waals surface area contributed by atoms with Crippen LogP contribution in [0.5, 0.6) is 11.5 Å². The third kappa shape index (κ3) is 2.88. The Kier molecular flexibility index (Phi) is 4.20. The van der Waals surface area contributed by atoms with Gasteiger partial charge in [-0.25, -0.2) is 0 Å². The summed E-state index contributed by atoms with van der Waals surface area (Å²) in [6.45, 7) is 1.08. The third-order valence-electron chi connectivity index (χ3n) is 3.71. The standard InChI is InChI=1S/C17H16ClNO3/c1-21-15-7-6-12(18)8-14(15)17(20)19-9-11-10-22-16-5-3-2-4-13(11)16/h2-8,11H,9-10H2,1H3,(H,19,20)/t11-/m0/s1. The second-order valence-electron chi connectivity index (χ2n) is 5.10. The number of nitrogens with one attached hydrogen (secondary N) is 1. The van der Waals surface area contributed by atoms with E-state index < -0.39 is 0 Å². The summed E-state index contributed by atoms with van der Waals surface area (Å²) in [5.41, 5.74) is 1.56. The molecular formula is C17H16ClNO3. The number of para-hydroxylation sites is 1. The van der Waals surface area contributed by atoms with E-state index in [-0.39, 0.29) is 11.8 Å². The number of ether oxygens (including phenoxy) is 2. The zero-order valence-corrected chi connectivity index (χ0v) is 12.9. The topological polar surface area (TPSA) is 47.6 Å². The number of carbonyl (C=O) groups is 1. The highest BCUT2D eigenvalue weighted by Gasteiger charge is 2.24. The lowest BCUT2D eigenvalue weighted by molar-refractivity contribution is 0.0947. The van der Waals surface area contributed by atoms with E-state index in [4.69, 9.17) is 21.1 Å². The summed E-state index contributed by atoms with van der Waals surface area (Å²) < 4.78 is 10.8. The lowest BCUT2D eigenvalue weighted by atomic mass is 10.0. The zero-order chi connectivity index (χ0) is 15.5. The molecule has 0 saturated carbocycles. The Hall–Kier alpha value is -2.20. The molecule has 0 fully saturated rings. The first-order chi connectivity index (χ1) is 10.7. The van der Waals surface area contributed by atoms with Gasteiger partial charge in [0.15, 0.2) is 0 Å². The van der Waals surface area contributed by atoms with E-state index in [0.29, 0.717) is 29.5 Å².